The molecule has 0 nitrogen and oxygen atoms in total. The van der Waals surface area contributed by atoms with E-state index in [0.717, 1.165) is 5.75 Å². The Morgan fingerprint density at radius 1 is 0.824 bits per heavy atom. The summed E-state index contributed by atoms with van der Waals surface area (Å²) in [4.78, 5) is 0. The second-order valence-electron chi connectivity index (χ2n) is 5.02. The van der Waals surface area contributed by atoms with Crippen LogP contribution < -0.4 is 0 Å². The molecule has 1 unspecified atom stereocenters. The molecule has 0 aliphatic heterocycles. The predicted octanol–water partition coefficient (Wildman–Crippen LogP) is 6.27. The van der Waals surface area contributed by atoms with Gasteiger partial charge in [-0.2, -0.15) is 11.8 Å². The maximum atomic E-state index is 6.17. The number of hydrogen-bond acceptors (Lipinski definition) is 1. The number of halogens is 1. The molecule has 0 bridgehead atoms. The van der Waals surface area contributed by atoms with Gasteiger partial charge < -0.3 is 0 Å². The second-order valence-corrected chi connectivity index (χ2v) is 6.55. The van der Waals surface area contributed by atoms with Gasteiger partial charge in [-0.1, -0.05) is 71.1 Å². The average molecular weight is 279 g/mol. The van der Waals surface area contributed by atoms with Gasteiger partial charge in [0.25, 0.3) is 0 Å². The Morgan fingerprint density at radius 2 is 1.29 bits per heavy atom. The van der Waals surface area contributed by atoms with Crippen LogP contribution >= 0.6 is 23.4 Å². The van der Waals surface area contributed by atoms with E-state index in [1.807, 2.05) is 11.8 Å². The lowest BCUT2D eigenvalue weighted by Gasteiger charge is -2.07. The first kappa shape index (κ1) is 17.6. The monoisotopic (exact) mass is 278 g/mol. The van der Waals surface area contributed by atoms with Crippen LogP contribution in [0.2, 0.25) is 0 Å². The van der Waals surface area contributed by atoms with Crippen LogP contribution in [0.1, 0.15) is 77.6 Å². The molecule has 0 spiro atoms. The number of hydrogen-bond donors (Lipinski definition) is 0. The molecule has 104 valence electrons. The first-order chi connectivity index (χ1) is 8.31. The second kappa shape index (κ2) is 14.7. The molecule has 0 fully saturated rings. The zero-order valence-electron chi connectivity index (χ0n) is 11.8. The summed E-state index contributed by atoms with van der Waals surface area (Å²) in [6.45, 7) is 2.28. The highest BCUT2D eigenvalue weighted by Crippen LogP contribution is 2.15. The predicted molar refractivity (Wildman–Crippen MR) is 84.5 cm³/mol. The quantitative estimate of drug-likeness (QED) is 0.283. The number of alkyl halides is 1. The number of unbranched alkanes of at least 4 members (excludes halogenated alkanes) is 9. The van der Waals surface area contributed by atoms with Crippen LogP contribution in [0.25, 0.3) is 0 Å². The van der Waals surface area contributed by atoms with E-state index < -0.39 is 0 Å². The van der Waals surface area contributed by atoms with Crippen LogP contribution in [0.15, 0.2) is 0 Å². The van der Waals surface area contributed by atoms with Crippen molar-refractivity contribution < 1.29 is 0 Å². The van der Waals surface area contributed by atoms with E-state index in [4.69, 9.17) is 11.6 Å². The summed E-state index contributed by atoms with van der Waals surface area (Å²) in [5.41, 5.74) is 0. The van der Waals surface area contributed by atoms with Gasteiger partial charge in [-0.25, -0.2) is 0 Å². The Labute approximate surface area is 118 Å². The summed E-state index contributed by atoms with van der Waals surface area (Å²) in [7, 11) is 0. The fraction of sp³-hybridized carbons (Fsp3) is 1.00. The molecule has 0 saturated carbocycles. The van der Waals surface area contributed by atoms with Gasteiger partial charge in [0.2, 0.25) is 0 Å². The summed E-state index contributed by atoms with van der Waals surface area (Å²) in [6, 6.07) is 0. The van der Waals surface area contributed by atoms with Crippen molar-refractivity contribution in [3.8, 4) is 0 Å². The highest BCUT2D eigenvalue weighted by Gasteiger charge is 2.02. The minimum Gasteiger partial charge on any atom is -0.164 e. The van der Waals surface area contributed by atoms with Crippen molar-refractivity contribution in [1.82, 2.24) is 0 Å². The fourth-order valence-electron chi connectivity index (χ4n) is 2.12. The van der Waals surface area contributed by atoms with Crippen molar-refractivity contribution in [3.05, 3.63) is 0 Å². The van der Waals surface area contributed by atoms with Crippen molar-refractivity contribution >= 4 is 23.4 Å². The molecule has 0 aromatic heterocycles. The Balaban J connectivity index is 2.98. The SMILES string of the molecule is CCCCCCCCCCCCC(Cl)CSC. The van der Waals surface area contributed by atoms with Gasteiger partial charge in [-0.15, -0.1) is 11.6 Å². The normalized spacial score (nSPS) is 12.9. The van der Waals surface area contributed by atoms with Crippen LogP contribution in [-0.2, 0) is 0 Å². The summed E-state index contributed by atoms with van der Waals surface area (Å²) in [5, 5.41) is 0.402. The van der Waals surface area contributed by atoms with E-state index in [2.05, 4.69) is 13.2 Å². The standard InChI is InChI=1S/C15H31ClS/c1-3-4-5-6-7-8-9-10-11-12-13-15(16)14-17-2/h15H,3-14H2,1-2H3. The lowest BCUT2D eigenvalue weighted by molar-refractivity contribution is 0.549. The third-order valence-corrected chi connectivity index (χ3v) is 4.51. The third-order valence-electron chi connectivity index (χ3n) is 3.22. The van der Waals surface area contributed by atoms with Crippen LogP contribution in [0.3, 0.4) is 0 Å². The molecule has 0 aliphatic carbocycles. The summed E-state index contributed by atoms with van der Waals surface area (Å²) >= 11 is 8.03. The average Bonchev–Trinajstić information content (AvgIpc) is 2.32. The first-order valence-electron chi connectivity index (χ1n) is 7.44. The molecule has 0 heterocycles. The minimum absolute atomic E-state index is 0.402. The van der Waals surface area contributed by atoms with Crippen molar-refractivity contribution in [2.24, 2.45) is 0 Å². The van der Waals surface area contributed by atoms with Crippen molar-refractivity contribution in [2.45, 2.75) is 82.9 Å². The molecule has 0 amide bonds. The van der Waals surface area contributed by atoms with Crippen LogP contribution in [-0.4, -0.2) is 17.4 Å². The lowest BCUT2D eigenvalue weighted by Crippen LogP contribution is -2.01. The highest BCUT2D eigenvalue weighted by atomic mass is 35.5. The summed E-state index contributed by atoms with van der Waals surface area (Å²) in [5.74, 6) is 1.11. The molecule has 1 atom stereocenters. The molecular weight excluding hydrogens is 248 g/mol. The molecule has 0 saturated heterocycles. The zero-order chi connectivity index (χ0) is 12.8. The van der Waals surface area contributed by atoms with E-state index >= 15 is 0 Å². The molecule has 0 rings (SSSR count). The molecule has 0 aromatic carbocycles. The smallest absolute Gasteiger partial charge is 0.0426 e. The van der Waals surface area contributed by atoms with Gasteiger partial charge in [-0.3, -0.25) is 0 Å². The van der Waals surface area contributed by atoms with Crippen molar-refractivity contribution in [1.29, 1.82) is 0 Å². The van der Waals surface area contributed by atoms with Gasteiger partial charge in [0.1, 0.15) is 0 Å². The van der Waals surface area contributed by atoms with Gasteiger partial charge >= 0.3 is 0 Å². The van der Waals surface area contributed by atoms with Crippen molar-refractivity contribution in [3.63, 3.8) is 0 Å². The van der Waals surface area contributed by atoms with Gasteiger partial charge in [-0.05, 0) is 12.7 Å². The number of rotatable bonds is 13. The molecule has 0 aliphatic rings. The molecular formula is C15H31ClS. The molecule has 17 heavy (non-hydrogen) atoms. The maximum Gasteiger partial charge on any atom is 0.0426 e. The topological polar surface area (TPSA) is 0 Å². The Kier molecular flexibility index (Phi) is 15.3. The Morgan fingerprint density at radius 3 is 1.76 bits per heavy atom. The molecule has 0 aromatic rings. The lowest BCUT2D eigenvalue weighted by atomic mass is 10.1. The Hall–Kier alpha value is 0.640. The highest BCUT2D eigenvalue weighted by molar-refractivity contribution is 7.98. The van der Waals surface area contributed by atoms with Gasteiger partial charge in [0.05, 0.1) is 0 Å². The van der Waals surface area contributed by atoms with E-state index in [1.54, 1.807) is 0 Å². The van der Waals surface area contributed by atoms with E-state index in [-0.39, 0.29) is 0 Å². The van der Waals surface area contributed by atoms with Crippen LogP contribution in [0, 0.1) is 0 Å². The van der Waals surface area contributed by atoms with Gasteiger partial charge in [0.15, 0.2) is 0 Å². The molecule has 2 heteroatoms. The van der Waals surface area contributed by atoms with E-state index in [9.17, 15) is 0 Å². The fourth-order valence-corrected chi connectivity index (χ4v) is 3.18. The maximum absolute atomic E-state index is 6.17. The third kappa shape index (κ3) is 14.6. The van der Waals surface area contributed by atoms with E-state index in [0.29, 0.717) is 5.38 Å². The largest absolute Gasteiger partial charge is 0.164 e. The van der Waals surface area contributed by atoms with Crippen LogP contribution in [0.5, 0.6) is 0 Å². The molecule has 0 N–H and O–H groups in total. The van der Waals surface area contributed by atoms with Crippen LogP contribution in [0.4, 0.5) is 0 Å². The number of thioether (sulfide) groups is 1. The zero-order valence-corrected chi connectivity index (χ0v) is 13.4. The van der Waals surface area contributed by atoms with E-state index in [1.165, 1.54) is 70.6 Å². The first-order valence-corrected chi connectivity index (χ1v) is 9.27. The summed E-state index contributed by atoms with van der Waals surface area (Å²) in [6.07, 6.45) is 17.5. The molecule has 0 radical (unpaired) electrons. The Bertz CT molecular complexity index is 139. The minimum atomic E-state index is 0.402. The van der Waals surface area contributed by atoms with Crippen molar-refractivity contribution in [2.75, 3.05) is 12.0 Å². The van der Waals surface area contributed by atoms with Gasteiger partial charge in [0, 0.05) is 11.1 Å². The summed E-state index contributed by atoms with van der Waals surface area (Å²) < 4.78 is 0.